The smallest absolute Gasteiger partial charge is 0.411 e. The third-order valence-electron chi connectivity index (χ3n) is 21.7. The van der Waals surface area contributed by atoms with E-state index < -0.39 is 223 Å². The molecule has 0 bridgehead atoms. The van der Waals surface area contributed by atoms with Crippen LogP contribution < -0.4 is 31.6 Å². The Morgan fingerprint density at radius 3 is 1.82 bits per heavy atom. The highest BCUT2D eigenvalue weighted by atomic mass is 19.1. The molecule has 0 saturated carbocycles. The standard InChI is InChI=1S/C85H92FN9O33/c1-14-85(55-33-60-65-52(35-94(60)77(105)54(55)38-116-81(85)108)39(2)64-59(89-65)34-56(86)40(3)66(64)95(112)113)128-84(111)93(11)31-30-92(10)83(110)118-36-47-26-27-61(125-80-74(124-46(9)101)70(122-44(7)99)69(121-43(6)98)73(127-80)79(107)115-13)58(32-47)88-63(103)28-29-87-75(104)57(90-82(109)117-37-53-50-22-17-15-20-48(50)49-21-16-18-23-51(49)53)24-19-25-62(102)91-76-71(123-45(8)100)67(119-41(4)96)68(120-42(5)97)72(126-76)78(106)114-12/h15-18,20-23,26-27,32-34,53,57,67-74,76,80H,14,19,24-25,28-31,35-38H2,1-13H3,(H,87,104)(H,88,103)(H,90,109)(H,91,102)/t57-,67-,68-,69-,70-,71+,72-,73-,74+,76+,80+,85-/m0/s1. The summed E-state index contributed by atoms with van der Waals surface area (Å²) in [5.41, 5.74) is 0.697. The number of aromatic nitrogens is 2. The molecule has 6 aromatic rings. The second-order valence-electron chi connectivity index (χ2n) is 30.3. The van der Waals surface area contributed by atoms with Crippen LogP contribution in [0.2, 0.25) is 0 Å². The first-order valence-electron chi connectivity index (χ1n) is 40.1. The van der Waals surface area contributed by atoms with Crippen LogP contribution in [0, 0.1) is 29.8 Å². The van der Waals surface area contributed by atoms with Crippen molar-refractivity contribution < 1.29 is 152 Å². The Morgan fingerprint density at radius 2 is 1.23 bits per heavy atom. The second-order valence-corrected chi connectivity index (χ2v) is 30.3. The Balaban J connectivity index is 0.804. The van der Waals surface area contributed by atoms with Crippen molar-refractivity contribution in [3.05, 3.63) is 150 Å². The molecule has 4 aliphatic heterocycles. The van der Waals surface area contributed by atoms with Gasteiger partial charge in [-0.05, 0) is 84.7 Å². The van der Waals surface area contributed by atoms with Gasteiger partial charge in [-0.1, -0.05) is 61.5 Å². The van der Waals surface area contributed by atoms with Crippen molar-refractivity contribution in [1.29, 1.82) is 0 Å². The minimum Gasteiger partial charge on any atom is -0.467 e. The number of alkyl carbamates (subject to hydrolysis) is 1. The van der Waals surface area contributed by atoms with E-state index in [1.54, 1.807) is 6.92 Å². The van der Waals surface area contributed by atoms with Gasteiger partial charge >= 0.3 is 72.0 Å². The van der Waals surface area contributed by atoms with Crippen LogP contribution in [0.4, 0.5) is 30.1 Å². The SMILES string of the molecule is CC[C@@]1(OC(=O)N(C)CCN(C)C(=O)OCc2ccc(O[C@@H]3O[C@H](C(=O)OC)[C@@H](OC(C)=O)[C@H](OC(C)=O)[C@H]3OC(C)=O)c(NC(=O)CCNC(=O)[C@H](CCCC(=O)N[C@@H]3O[C@H](C(=O)OC)[C@@H](OC(C)=O)[C@H](OC(C)=O)[C@H]3OC(C)=O)NC(=O)OCC3c4ccccc4-c4ccccc43)c2)C(=O)OCc2c1cc1n(c2=O)Cc2c-1nc1cc(F)c(C)c([N+](=O)[O-])c1c2C. The lowest BCUT2D eigenvalue weighted by atomic mass is 9.85. The van der Waals surface area contributed by atoms with E-state index in [0.29, 0.717) is 11.1 Å². The van der Waals surface area contributed by atoms with Crippen LogP contribution in [0.25, 0.3) is 33.4 Å². The Bertz CT molecular complexity index is 5480. The molecule has 0 unspecified atom stereocenters. The number of aryl methyl sites for hydroxylation is 1. The normalized spacial score (nSPS) is 20.6. The van der Waals surface area contributed by atoms with E-state index in [2.05, 4.69) is 26.3 Å². The van der Waals surface area contributed by atoms with Crippen molar-refractivity contribution in [2.75, 3.05) is 59.9 Å². The monoisotopic (exact) mass is 1790 g/mol. The number of rotatable bonds is 31. The number of nitro benzene ring substituents is 1. The maximum Gasteiger partial charge on any atom is 0.411 e. The molecule has 43 heteroatoms. The van der Waals surface area contributed by atoms with Crippen LogP contribution in [0.1, 0.15) is 131 Å². The third kappa shape index (κ3) is 20.8. The number of carbonyl (C=O) groups excluding carboxylic acids is 15. The average molecular weight is 1790 g/mol. The largest absolute Gasteiger partial charge is 0.467 e. The molecule has 6 heterocycles. The van der Waals surface area contributed by atoms with Crippen molar-refractivity contribution in [3.8, 4) is 28.3 Å². The van der Waals surface area contributed by atoms with Crippen LogP contribution in [0.15, 0.2) is 83.7 Å². The van der Waals surface area contributed by atoms with E-state index in [1.807, 2.05) is 48.5 Å². The summed E-state index contributed by atoms with van der Waals surface area (Å²) in [4.78, 5) is 234. The topological polar surface area (TPSA) is 527 Å². The number of amides is 6. The van der Waals surface area contributed by atoms with Crippen molar-refractivity contribution in [3.63, 3.8) is 0 Å². The zero-order chi connectivity index (χ0) is 93.2. The molecular formula is C85H92FN9O33. The predicted molar refractivity (Wildman–Crippen MR) is 432 cm³/mol. The zero-order valence-corrected chi connectivity index (χ0v) is 71.5. The number of nitrogens with zero attached hydrogens (tertiary/aromatic N) is 5. The number of methoxy groups -OCH3 is 2. The number of hydrogen-bond donors (Lipinski definition) is 4. The van der Waals surface area contributed by atoms with Gasteiger partial charge in [-0.25, -0.2) is 38.1 Å². The molecule has 2 aromatic heterocycles. The summed E-state index contributed by atoms with van der Waals surface area (Å²) >= 11 is 0. The number of hydrogen-bond acceptors (Lipinski definition) is 34. The molecule has 0 radical (unpaired) electrons. The quantitative estimate of drug-likeness (QED) is 0.0180. The number of pyridine rings is 2. The summed E-state index contributed by atoms with van der Waals surface area (Å²) in [5, 5.41) is 22.6. The molecular weight excluding hydrogens is 1690 g/mol. The van der Waals surface area contributed by atoms with E-state index >= 15 is 4.39 Å². The van der Waals surface area contributed by atoms with Gasteiger partial charge in [0.25, 0.3) is 11.2 Å². The Kier molecular flexibility index (Phi) is 29.8. The number of cyclic esters (lactones) is 1. The Hall–Kier alpha value is -14.3. The fourth-order valence-electron chi connectivity index (χ4n) is 15.6. The lowest BCUT2D eigenvalue weighted by Gasteiger charge is -2.43. The van der Waals surface area contributed by atoms with E-state index in [4.69, 9.17) is 71.1 Å². The summed E-state index contributed by atoms with van der Waals surface area (Å²) in [6.07, 6.45) is -23.6. The van der Waals surface area contributed by atoms with Gasteiger partial charge in [0.1, 0.15) is 37.4 Å². The maximum absolute atomic E-state index is 15.2. The molecule has 5 aliphatic rings. The highest BCUT2D eigenvalue weighted by Gasteiger charge is 2.58. The van der Waals surface area contributed by atoms with Crippen molar-refractivity contribution in [1.82, 2.24) is 35.3 Å². The van der Waals surface area contributed by atoms with E-state index in [0.717, 1.165) is 93.9 Å². The Morgan fingerprint density at radius 1 is 0.672 bits per heavy atom. The number of esters is 9. The molecule has 1 aliphatic carbocycles. The molecule has 6 amide bonds. The summed E-state index contributed by atoms with van der Waals surface area (Å²) in [6.45, 7) is 7.65. The maximum atomic E-state index is 15.2. The number of benzene rings is 4. The van der Waals surface area contributed by atoms with Gasteiger partial charge in [0, 0.05) is 111 Å². The molecule has 42 nitrogen and oxygen atoms in total. The van der Waals surface area contributed by atoms with Crippen molar-refractivity contribution in [2.45, 2.75) is 193 Å². The van der Waals surface area contributed by atoms with Crippen LogP contribution >= 0.6 is 0 Å². The van der Waals surface area contributed by atoms with Crippen molar-refractivity contribution in [2.24, 2.45) is 0 Å². The lowest BCUT2D eigenvalue weighted by molar-refractivity contribution is -0.383. The molecule has 2 fully saturated rings. The minimum atomic E-state index is -2.24. The number of fused-ring (bicyclic) bond motifs is 8. The molecule has 4 aromatic carbocycles. The first-order chi connectivity index (χ1) is 60.8. The fourth-order valence-corrected chi connectivity index (χ4v) is 15.6. The highest BCUT2D eigenvalue weighted by molar-refractivity contribution is 5.97. The van der Waals surface area contributed by atoms with Gasteiger partial charge in [0.2, 0.25) is 35.7 Å². The molecule has 11 rings (SSSR count). The number of anilines is 1. The summed E-state index contributed by atoms with van der Waals surface area (Å²) in [6, 6.07) is 19.7. The van der Waals surface area contributed by atoms with Crippen LogP contribution in [0.5, 0.6) is 5.75 Å². The average Bonchev–Trinajstić information content (AvgIpc) is 1.52. The van der Waals surface area contributed by atoms with E-state index in [-0.39, 0.29) is 101 Å². The molecule has 12 atom stereocenters. The van der Waals surface area contributed by atoms with Crippen LogP contribution in [-0.4, -0.2) is 236 Å². The summed E-state index contributed by atoms with van der Waals surface area (Å²) in [7, 11) is 4.52. The predicted octanol–water partition coefficient (Wildman–Crippen LogP) is 5.49. The van der Waals surface area contributed by atoms with E-state index in [9.17, 15) is 86.8 Å². The third-order valence-corrected chi connectivity index (χ3v) is 21.7. The van der Waals surface area contributed by atoms with E-state index in [1.165, 1.54) is 56.8 Å². The van der Waals surface area contributed by atoms with Crippen LogP contribution in [0.3, 0.4) is 0 Å². The molecule has 4 N–H and O–H groups in total. The Labute approximate surface area is 727 Å². The van der Waals surface area contributed by atoms with Gasteiger partial charge < -0.3 is 107 Å². The number of nitro groups is 1. The number of ether oxygens (including phenoxy) is 15. The first kappa shape index (κ1) is 94.4. The molecule has 0 spiro atoms. The number of halogens is 1. The first-order valence-corrected chi connectivity index (χ1v) is 40.1. The second kappa shape index (κ2) is 40.4. The van der Waals surface area contributed by atoms with Gasteiger partial charge in [-0.15, -0.1) is 0 Å². The molecule has 2 saturated heterocycles. The summed E-state index contributed by atoms with van der Waals surface area (Å²) < 4.78 is 100. The highest BCUT2D eigenvalue weighted by Crippen LogP contribution is 2.47. The van der Waals surface area contributed by atoms with Gasteiger partial charge in [-0.2, -0.15) is 0 Å². The minimum absolute atomic E-state index is 0.0321. The van der Waals surface area contributed by atoms with Crippen molar-refractivity contribution >= 4 is 112 Å². The van der Waals surface area contributed by atoms with Crippen LogP contribution in [-0.2, 0) is 149 Å². The molecule has 682 valence electrons. The summed E-state index contributed by atoms with van der Waals surface area (Å²) in [5.74, 6) is -13.8. The molecule has 128 heavy (non-hydrogen) atoms. The number of likely N-dealkylation sites (N-methyl/N-ethyl adjacent to an activating group) is 2. The lowest BCUT2D eigenvalue weighted by Crippen LogP contribution is -2.67. The van der Waals surface area contributed by atoms with Gasteiger partial charge in [0.05, 0.1) is 64.8 Å². The number of carbonyl (C=O) groups is 15. The number of nitrogens with one attached hydrogen (secondary N) is 4. The van der Waals surface area contributed by atoms with Gasteiger partial charge in [-0.3, -0.25) is 58.1 Å². The zero-order valence-electron chi connectivity index (χ0n) is 71.5. The fraction of sp³-hybridized carbons (Fsp3) is 0.447. The van der Waals surface area contributed by atoms with Gasteiger partial charge in [0.15, 0.2) is 49.0 Å².